The van der Waals surface area contributed by atoms with E-state index in [4.69, 9.17) is 11.6 Å². The van der Waals surface area contributed by atoms with Gasteiger partial charge in [0.2, 0.25) is 5.91 Å². The third-order valence-corrected chi connectivity index (χ3v) is 3.86. The van der Waals surface area contributed by atoms with Gasteiger partial charge >= 0.3 is 0 Å². The summed E-state index contributed by atoms with van der Waals surface area (Å²) in [4.78, 5) is 17.7. The number of hydrogen-bond acceptors (Lipinski definition) is 2. The number of benzene rings is 1. The molecule has 1 aliphatic rings. The van der Waals surface area contributed by atoms with E-state index in [2.05, 4.69) is 11.1 Å². The van der Waals surface area contributed by atoms with E-state index >= 15 is 0 Å². The standard InChI is InChI=1S/C16H15ClN2O/c1-11-9-13(19-8-2-3-16(19)20)5-6-14(11)12-4-7-15(17)18-10-12/h4-7,9-10H,2-3,8H2,1H3. The zero-order valence-corrected chi connectivity index (χ0v) is 12.0. The lowest BCUT2D eigenvalue weighted by Crippen LogP contribution is -2.23. The molecule has 0 aliphatic carbocycles. The quantitative estimate of drug-likeness (QED) is 0.786. The van der Waals surface area contributed by atoms with Crippen LogP contribution in [-0.4, -0.2) is 17.4 Å². The molecule has 20 heavy (non-hydrogen) atoms. The maximum Gasteiger partial charge on any atom is 0.227 e. The summed E-state index contributed by atoms with van der Waals surface area (Å²) in [6.07, 6.45) is 3.37. The second-order valence-electron chi connectivity index (χ2n) is 5.02. The van der Waals surface area contributed by atoms with Gasteiger partial charge < -0.3 is 4.90 Å². The number of aryl methyl sites for hydroxylation is 1. The summed E-state index contributed by atoms with van der Waals surface area (Å²) in [5.74, 6) is 0.213. The second kappa shape index (κ2) is 5.25. The van der Waals surface area contributed by atoms with Gasteiger partial charge in [-0.25, -0.2) is 4.98 Å². The monoisotopic (exact) mass is 286 g/mol. The van der Waals surface area contributed by atoms with E-state index in [9.17, 15) is 4.79 Å². The first-order chi connectivity index (χ1) is 9.65. The van der Waals surface area contributed by atoms with Crippen molar-refractivity contribution in [2.24, 2.45) is 0 Å². The first-order valence-corrected chi connectivity index (χ1v) is 7.06. The van der Waals surface area contributed by atoms with Crippen LogP contribution >= 0.6 is 11.6 Å². The highest BCUT2D eigenvalue weighted by Gasteiger charge is 2.21. The van der Waals surface area contributed by atoms with E-state index in [0.717, 1.165) is 35.3 Å². The molecule has 0 atom stereocenters. The molecule has 1 aromatic heterocycles. The Morgan fingerprint density at radius 2 is 2.10 bits per heavy atom. The fourth-order valence-corrected chi connectivity index (χ4v) is 2.71. The van der Waals surface area contributed by atoms with E-state index in [1.165, 1.54) is 0 Å². The highest BCUT2D eigenvalue weighted by atomic mass is 35.5. The lowest BCUT2D eigenvalue weighted by atomic mass is 10.0. The van der Waals surface area contributed by atoms with Crippen LogP contribution in [0, 0.1) is 6.92 Å². The summed E-state index contributed by atoms with van der Waals surface area (Å²) in [5, 5.41) is 0.491. The summed E-state index contributed by atoms with van der Waals surface area (Å²) in [6, 6.07) is 9.85. The van der Waals surface area contributed by atoms with Crippen molar-refractivity contribution in [3.8, 4) is 11.1 Å². The smallest absolute Gasteiger partial charge is 0.227 e. The number of carbonyl (C=O) groups excluding carboxylic acids is 1. The van der Waals surface area contributed by atoms with Crippen molar-refractivity contribution in [1.29, 1.82) is 0 Å². The third kappa shape index (κ3) is 2.41. The molecule has 1 amide bonds. The van der Waals surface area contributed by atoms with Gasteiger partial charge in [0, 0.05) is 30.4 Å². The molecule has 1 aromatic carbocycles. The summed E-state index contributed by atoms with van der Waals surface area (Å²) in [6.45, 7) is 2.87. The summed E-state index contributed by atoms with van der Waals surface area (Å²) in [7, 11) is 0. The molecule has 102 valence electrons. The third-order valence-electron chi connectivity index (χ3n) is 3.63. The van der Waals surface area contributed by atoms with Crippen molar-refractivity contribution in [2.75, 3.05) is 11.4 Å². The fourth-order valence-electron chi connectivity index (χ4n) is 2.60. The summed E-state index contributed by atoms with van der Waals surface area (Å²) < 4.78 is 0. The molecule has 1 aliphatic heterocycles. The minimum absolute atomic E-state index is 0.213. The van der Waals surface area contributed by atoms with Crippen LogP contribution in [0.25, 0.3) is 11.1 Å². The zero-order valence-electron chi connectivity index (χ0n) is 11.3. The molecule has 3 rings (SSSR count). The van der Waals surface area contributed by atoms with Crippen LogP contribution in [0.15, 0.2) is 36.5 Å². The van der Waals surface area contributed by atoms with Gasteiger partial charge in [-0.2, -0.15) is 0 Å². The number of nitrogens with zero attached hydrogens (tertiary/aromatic N) is 2. The Hall–Kier alpha value is -1.87. The first kappa shape index (κ1) is 13.1. The number of halogens is 1. The Bertz CT molecular complexity index is 652. The van der Waals surface area contributed by atoms with Crippen LogP contribution in [0.4, 0.5) is 5.69 Å². The average molecular weight is 287 g/mol. The largest absolute Gasteiger partial charge is 0.312 e. The number of anilines is 1. The molecule has 0 N–H and O–H groups in total. The number of amides is 1. The minimum Gasteiger partial charge on any atom is -0.312 e. The molecule has 4 heteroatoms. The molecule has 2 heterocycles. The topological polar surface area (TPSA) is 33.2 Å². The number of pyridine rings is 1. The van der Waals surface area contributed by atoms with Crippen LogP contribution in [0.5, 0.6) is 0 Å². The van der Waals surface area contributed by atoms with Crippen LogP contribution in [0.3, 0.4) is 0 Å². The Morgan fingerprint density at radius 3 is 2.70 bits per heavy atom. The van der Waals surface area contributed by atoms with Crippen LogP contribution in [-0.2, 0) is 4.79 Å². The van der Waals surface area contributed by atoms with Crippen LogP contribution < -0.4 is 4.90 Å². The van der Waals surface area contributed by atoms with Crippen molar-refractivity contribution in [3.63, 3.8) is 0 Å². The average Bonchev–Trinajstić information content (AvgIpc) is 2.86. The highest BCUT2D eigenvalue weighted by Crippen LogP contribution is 2.29. The molecule has 3 nitrogen and oxygen atoms in total. The maximum absolute atomic E-state index is 11.8. The predicted octanol–water partition coefficient (Wildman–Crippen LogP) is 3.84. The molecular weight excluding hydrogens is 272 g/mol. The van der Waals surface area contributed by atoms with Gasteiger partial charge in [0.1, 0.15) is 5.15 Å². The van der Waals surface area contributed by atoms with Crippen LogP contribution in [0.2, 0.25) is 5.15 Å². The van der Waals surface area contributed by atoms with Gasteiger partial charge in [0.25, 0.3) is 0 Å². The van der Waals surface area contributed by atoms with E-state index in [-0.39, 0.29) is 5.91 Å². The minimum atomic E-state index is 0.213. The van der Waals surface area contributed by atoms with Crippen LogP contribution in [0.1, 0.15) is 18.4 Å². The number of rotatable bonds is 2. The van der Waals surface area contributed by atoms with E-state index < -0.39 is 0 Å². The normalized spacial score (nSPS) is 14.9. The predicted molar refractivity (Wildman–Crippen MR) is 81.0 cm³/mol. The van der Waals surface area contributed by atoms with Crippen molar-refractivity contribution in [2.45, 2.75) is 19.8 Å². The molecule has 2 aromatic rings. The number of aromatic nitrogens is 1. The molecular formula is C16H15ClN2O. The Kier molecular flexibility index (Phi) is 3.45. The highest BCUT2D eigenvalue weighted by molar-refractivity contribution is 6.29. The van der Waals surface area contributed by atoms with Gasteiger partial charge in [-0.05, 0) is 48.7 Å². The Balaban J connectivity index is 1.95. The SMILES string of the molecule is Cc1cc(N2CCCC2=O)ccc1-c1ccc(Cl)nc1. The molecule has 0 saturated carbocycles. The van der Waals surface area contributed by atoms with Crippen molar-refractivity contribution >= 4 is 23.2 Å². The zero-order chi connectivity index (χ0) is 14.1. The lowest BCUT2D eigenvalue weighted by Gasteiger charge is -2.17. The number of carbonyl (C=O) groups is 1. The summed E-state index contributed by atoms with van der Waals surface area (Å²) >= 11 is 5.81. The first-order valence-electron chi connectivity index (χ1n) is 6.68. The summed E-state index contributed by atoms with van der Waals surface area (Å²) in [5.41, 5.74) is 4.26. The van der Waals surface area contributed by atoms with Crippen molar-refractivity contribution in [1.82, 2.24) is 4.98 Å². The Morgan fingerprint density at radius 1 is 1.25 bits per heavy atom. The molecule has 0 radical (unpaired) electrons. The number of hydrogen-bond donors (Lipinski definition) is 0. The molecule has 0 bridgehead atoms. The van der Waals surface area contributed by atoms with Gasteiger partial charge in [-0.1, -0.05) is 17.7 Å². The fraction of sp³-hybridized carbons (Fsp3) is 0.250. The van der Waals surface area contributed by atoms with Crippen molar-refractivity contribution < 1.29 is 4.79 Å². The van der Waals surface area contributed by atoms with Crippen molar-refractivity contribution in [3.05, 3.63) is 47.2 Å². The van der Waals surface area contributed by atoms with E-state index in [1.807, 2.05) is 30.0 Å². The lowest BCUT2D eigenvalue weighted by molar-refractivity contribution is -0.117. The molecule has 1 saturated heterocycles. The van der Waals surface area contributed by atoms with Gasteiger partial charge in [-0.3, -0.25) is 4.79 Å². The van der Waals surface area contributed by atoms with Gasteiger partial charge in [0.05, 0.1) is 0 Å². The molecule has 1 fully saturated rings. The van der Waals surface area contributed by atoms with E-state index in [0.29, 0.717) is 11.6 Å². The maximum atomic E-state index is 11.8. The van der Waals surface area contributed by atoms with E-state index in [1.54, 1.807) is 12.3 Å². The molecule has 0 spiro atoms. The molecule has 0 unspecified atom stereocenters. The van der Waals surface area contributed by atoms with Gasteiger partial charge in [-0.15, -0.1) is 0 Å². The second-order valence-corrected chi connectivity index (χ2v) is 5.41. The van der Waals surface area contributed by atoms with Gasteiger partial charge in [0.15, 0.2) is 0 Å². The Labute approximate surface area is 123 Å².